The van der Waals surface area contributed by atoms with E-state index in [9.17, 15) is 9.59 Å². The van der Waals surface area contributed by atoms with Gasteiger partial charge in [-0.05, 0) is 24.3 Å². The average molecular weight is 317 g/mol. The van der Waals surface area contributed by atoms with Crippen LogP contribution in [-0.2, 0) is 0 Å². The molecule has 116 valence electrons. The summed E-state index contributed by atoms with van der Waals surface area (Å²) in [6.07, 6.45) is 1.62. The standard InChI is InChI=1S/C16H12BN5O2/c17-11-1-2-13-10(4-11)7-20-16(22-13)21-12-5-8(14(18)23)3-9(6-12)15(19)24/h1-7H,(H2,18,23)(H2,19,24)(H,20,21,22). The van der Waals surface area contributed by atoms with Crippen LogP contribution in [0.5, 0.6) is 0 Å². The smallest absolute Gasteiger partial charge is 0.248 e. The second kappa shape index (κ2) is 6.00. The summed E-state index contributed by atoms with van der Waals surface area (Å²) >= 11 is 0. The van der Waals surface area contributed by atoms with Crippen molar-refractivity contribution in [2.75, 3.05) is 5.32 Å². The van der Waals surface area contributed by atoms with Crippen LogP contribution in [0.3, 0.4) is 0 Å². The van der Waals surface area contributed by atoms with Gasteiger partial charge >= 0.3 is 0 Å². The molecule has 8 heteroatoms. The minimum atomic E-state index is -0.670. The summed E-state index contributed by atoms with van der Waals surface area (Å²) in [6, 6.07) is 9.58. The van der Waals surface area contributed by atoms with E-state index in [0.717, 1.165) is 5.39 Å². The maximum atomic E-state index is 11.4. The van der Waals surface area contributed by atoms with Crippen molar-refractivity contribution in [2.45, 2.75) is 0 Å². The number of nitrogens with one attached hydrogen (secondary N) is 1. The lowest BCUT2D eigenvalue weighted by molar-refractivity contribution is 0.0999. The number of fused-ring (bicyclic) bond motifs is 1. The van der Waals surface area contributed by atoms with Gasteiger partial charge in [-0.25, -0.2) is 9.97 Å². The zero-order valence-electron chi connectivity index (χ0n) is 12.5. The van der Waals surface area contributed by atoms with Gasteiger partial charge in [0.1, 0.15) is 7.85 Å². The SMILES string of the molecule is [B]c1ccc2nc(Nc3cc(C(N)=O)cc(C(N)=O)c3)ncc2c1. The van der Waals surface area contributed by atoms with Crippen LogP contribution in [0.4, 0.5) is 11.6 Å². The molecule has 0 fully saturated rings. The summed E-state index contributed by atoms with van der Waals surface area (Å²) in [4.78, 5) is 31.3. The van der Waals surface area contributed by atoms with E-state index < -0.39 is 11.8 Å². The van der Waals surface area contributed by atoms with Crippen LogP contribution in [0.25, 0.3) is 10.9 Å². The Labute approximate surface area is 138 Å². The van der Waals surface area contributed by atoms with Crippen molar-refractivity contribution in [3.05, 3.63) is 53.7 Å². The number of carbonyl (C=O) groups is 2. The van der Waals surface area contributed by atoms with Crippen molar-refractivity contribution in [3.63, 3.8) is 0 Å². The summed E-state index contributed by atoms with van der Waals surface area (Å²) in [5.41, 5.74) is 12.6. The summed E-state index contributed by atoms with van der Waals surface area (Å²) in [5.74, 6) is -1.04. The molecule has 3 aromatic rings. The number of carbonyl (C=O) groups excluding carboxylic acids is 2. The van der Waals surface area contributed by atoms with Gasteiger partial charge in [-0.1, -0.05) is 17.6 Å². The summed E-state index contributed by atoms with van der Waals surface area (Å²) in [6.45, 7) is 0. The van der Waals surface area contributed by atoms with Gasteiger partial charge in [-0.15, -0.1) is 0 Å². The Morgan fingerprint density at radius 3 is 2.29 bits per heavy atom. The zero-order valence-corrected chi connectivity index (χ0v) is 12.5. The molecule has 5 N–H and O–H groups in total. The third kappa shape index (κ3) is 3.17. The first kappa shape index (κ1) is 15.5. The molecule has 2 amide bonds. The van der Waals surface area contributed by atoms with Crippen LogP contribution in [0.15, 0.2) is 42.6 Å². The molecule has 0 aliphatic heterocycles. The minimum Gasteiger partial charge on any atom is -0.366 e. The number of benzene rings is 2. The molecule has 0 saturated heterocycles. The fraction of sp³-hybridized carbons (Fsp3) is 0. The predicted molar refractivity (Wildman–Crippen MR) is 91.7 cm³/mol. The molecule has 2 radical (unpaired) electrons. The number of nitrogens with two attached hydrogens (primary N) is 2. The summed E-state index contributed by atoms with van der Waals surface area (Å²) in [5, 5.41) is 3.73. The molecular formula is C16H12BN5O2. The number of amides is 2. The van der Waals surface area contributed by atoms with E-state index in [-0.39, 0.29) is 11.1 Å². The van der Waals surface area contributed by atoms with Crippen LogP contribution in [0.2, 0.25) is 0 Å². The summed E-state index contributed by atoms with van der Waals surface area (Å²) < 4.78 is 0. The molecule has 2 aromatic carbocycles. The lowest BCUT2D eigenvalue weighted by atomic mass is 9.95. The highest BCUT2D eigenvalue weighted by molar-refractivity contribution is 6.33. The highest BCUT2D eigenvalue weighted by Gasteiger charge is 2.10. The van der Waals surface area contributed by atoms with Gasteiger partial charge in [-0.2, -0.15) is 0 Å². The van der Waals surface area contributed by atoms with E-state index in [2.05, 4.69) is 15.3 Å². The van der Waals surface area contributed by atoms with Crippen LogP contribution >= 0.6 is 0 Å². The normalized spacial score (nSPS) is 10.5. The molecule has 0 atom stereocenters. The van der Waals surface area contributed by atoms with E-state index in [1.54, 1.807) is 24.4 Å². The van der Waals surface area contributed by atoms with Crippen molar-refractivity contribution in [1.82, 2.24) is 9.97 Å². The van der Waals surface area contributed by atoms with Gasteiger partial charge in [-0.3, -0.25) is 9.59 Å². The molecule has 0 spiro atoms. The van der Waals surface area contributed by atoms with Crippen LogP contribution < -0.4 is 22.2 Å². The van der Waals surface area contributed by atoms with Crippen molar-refractivity contribution < 1.29 is 9.59 Å². The molecule has 0 aliphatic carbocycles. The molecule has 0 unspecified atom stereocenters. The van der Waals surface area contributed by atoms with Crippen molar-refractivity contribution in [2.24, 2.45) is 11.5 Å². The lowest BCUT2D eigenvalue weighted by Crippen LogP contribution is -2.16. The Bertz CT molecular complexity index is 942. The quantitative estimate of drug-likeness (QED) is 0.600. The molecule has 3 rings (SSSR count). The fourth-order valence-electron chi connectivity index (χ4n) is 2.23. The van der Waals surface area contributed by atoms with E-state index >= 15 is 0 Å². The number of hydrogen-bond donors (Lipinski definition) is 3. The lowest BCUT2D eigenvalue weighted by Gasteiger charge is -2.09. The largest absolute Gasteiger partial charge is 0.366 e. The van der Waals surface area contributed by atoms with E-state index in [0.29, 0.717) is 22.6 Å². The van der Waals surface area contributed by atoms with E-state index in [1.807, 2.05) is 0 Å². The van der Waals surface area contributed by atoms with Crippen molar-refractivity contribution in [3.8, 4) is 0 Å². The monoisotopic (exact) mass is 317 g/mol. The molecule has 0 bridgehead atoms. The topological polar surface area (TPSA) is 124 Å². The Morgan fingerprint density at radius 2 is 1.67 bits per heavy atom. The van der Waals surface area contributed by atoms with Gasteiger partial charge < -0.3 is 16.8 Å². The predicted octanol–water partition coefficient (Wildman–Crippen LogP) is 0.365. The maximum Gasteiger partial charge on any atom is 0.248 e. The summed E-state index contributed by atoms with van der Waals surface area (Å²) in [7, 11) is 5.72. The highest BCUT2D eigenvalue weighted by Crippen LogP contribution is 2.19. The number of primary amides is 2. The Morgan fingerprint density at radius 1 is 1.00 bits per heavy atom. The van der Waals surface area contributed by atoms with Gasteiger partial charge in [0.25, 0.3) is 0 Å². The Kier molecular flexibility index (Phi) is 3.87. The first-order chi connectivity index (χ1) is 11.4. The van der Waals surface area contributed by atoms with E-state index in [4.69, 9.17) is 19.3 Å². The maximum absolute atomic E-state index is 11.4. The van der Waals surface area contributed by atoms with Crippen LogP contribution in [0.1, 0.15) is 20.7 Å². The second-order valence-electron chi connectivity index (χ2n) is 5.16. The van der Waals surface area contributed by atoms with Crippen LogP contribution in [-0.4, -0.2) is 29.6 Å². The third-order valence-corrected chi connectivity index (χ3v) is 3.36. The molecule has 0 aliphatic rings. The molecule has 24 heavy (non-hydrogen) atoms. The number of rotatable bonds is 4. The van der Waals surface area contributed by atoms with Gasteiger partial charge in [0.05, 0.1) is 5.52 Å². The minimum absolute atomic E-state index is 0.155. The molecule has 7 nitrogen and oxygen atoms in total. The van der Waals surface area contributed by atoms with Gasteiger partial charge in [0.2, 0.25) is 17.8 Å². The third-order valence-electron chi connectivity index (χ3n) is 3.36. The molecule has 0 saturated carbocycles. The van der Waals surface area contributed by atoms with Gasteiger partial charge in [0, 0.05) is 28.4 Å². The fourth-order valence-corrected chi connectivity index (χ4v) is 2.23. The average Bonchev–Trinajstić information content (AvgIpc) is 2.54. The first-order valence-corrected chi connectivity index (χ1v) is 6.96. The van der Waals surface area contributed by atoms with Crippen LogP contribution in [0, 0.1) is 0 Å². The van der Waals surface area contributed by atoms with Gasteiger partial charge in [0.15, 0.2) is 0 Å². The number of nitrogens with zero attached hydrogens (tertiary/aromatic N) is 2. The molecular weight excluding hydrogens is 305 g/mol. The number of aromatic nitrogens is 2. The number of anilines is 2. The Hall–Kier alpha value is -3.42. The molecule has 1 aromatic heterocycles. The van der Waals surface area contributed by atoms with Crippen molar-refractivity contribution in [1.29, 1.82) is 0 Å². The van der Waals surface area contributed by atoms with E-state index in [1.165, 1.54) is 18.2 Å². The molecule has 1 heterocycles. The number of hydrogen-bond acceptors (Lipinski definition) is 5. The Balaban J connectivity index is 1.99. The highest BCUT2D eigenvalue weighted by atomic mass is 16.1. The van der Waals surface area contributed by atoms with Crippen molar-refractivity contribution >= 4 is 47.7 Å². The second-order valence-corrected chi connectivity index (χ2v) is 5.16. The zero-order chi connectivity index (χ0) is 17.3. The first-order valence-electron chi connectivity index (χ1n) is 6.96.